The van der Waals surface area contributed by atoms with E-state index in [1.165, 1.54) is 33.3 Å². The number of ether oxygens (including phenoxy) is 1. The van der Waals surface area contributed by atoms with Gasteiger partial charge in [0, 0.05) is 30.6 Å². The molecule has 0 saturated heterocycles. The van der Waals surface area contributed by atoms with Crippen molar-refractivity contribution in [2.24, 2.45) is 0 Å². The summed E-state index contributed by atoms with van der Waals surface area (Å²) in [5, 5.41) is 1.39. The summed E-state index contributed by atoms with van der Waals surface area (Å²) in [4.78, 5) is 2.42. The number of fused-ring (bicyclic) bond motifs is 3. The average molecular weight is 318 g/mol. The van der Waals surface area contributed by atoms with Crippen molar-refractivity contribution >= 4 is 10.9 Å². The molecule has 0 N–H and O–H groups in total. The van der Waals surface area contributed by atoms with Crippen LogP contribution in [0.1, 0.15) is 28.5 Å². The molecule has 2 aliphatic rings. The van der Waals surface area contributed by atoms with Crippen molar-refractivity contribution in [3.8, 4) is 5.75 Å². The molecule has 2 aromatic carbocycles. The maximum atomic E-state index is 6.44. The molecule has 0 saturated carbocycles. The van der Waals surface area contributed by atoms with Crippen LogP contribution in [0.15, 0.2) is 42.5 Å². The van der Waals surface area contributed by atoms with Gasteiger partial charge in [-0.25, -0.2) is 0 Å². The number of likely N-dealkylation sites (N-methyl/N-ethyl adjacent to an activating group) is 1. The van der Waals surface area contributed by atoms with Crippen LogP contribution < -0.4 is 4.74 Å². The Morgan fingerprint density at radius 3 is 2.79 bits per heavy atom. The number of benzene rings is 2. The smallest absolute Gasteiger partial charge is 0.144 e. The zero-order chi connectivity index (χ0) is 16.3. The second kappa shape index (κ2) is 5.12. The molecule has 2 aliphatic heterocycles. The van der Waals surface area contributed by atoms with Gasteiger partial charge in [-0.15, -0.1) is 0 Å². The van der Waals surface area contributed by atoms with E-state index >= 15 is 0 Å². The molecule has 0 bridgehead atoms. The van der Waals surface area contributed by atoms with Gasteiger partial charge in [-0.3, -0.25) is 0 Å². The summed E-state index contributed by atoms with van der Waals surface area (Å²) in [6.45, 7) is 5.25. The van der Waals surface area contributed by atoms with Gasteiger partial charge in [0.2, 0.25) is 0 Å². The lowest BCUT2D eigenvalue weighted by Crippen LogP contribution is -2.28. The summed E-state index contributed by atoms with van der Waals surface area (Å²) in [7, 11) is 2.21. The molecule has 0 amide bonds. The highest BCUT2D eigenvalue weighted by molar-refractivity contribution is 5.92. The van der Waals surface area contributed by atoms with E-state index in [-0.39, 0.29) is 6.10 Å². The highest BCUT2D eigenvalue weighted by Crippen LogP contribution is 2.42. The predicted octanol–water partition coefficient (Wildman–Crippen LogP) is 4.07. The molecule has 1 aromatic heterocycles. The van der Waals surface area contributed by atoms with Gasteiger partial charge >= 0.3 is 0 Å². The van der Waals surface area contributed by atoms with Crippen molar-refractivity contribution in [2.75, 3.05) is 13.6 Å². The van der Waals surface area contributed by atoms with E-state index in [2.05, 4.69) is 65.9 Å². The predicted molar refractivity (Wildman–Crippen MR) is 96.5 cm³/mol. The van der Waals surface area contributed by atoms with Crippen molar-refractivity contribution in [1.82, 2.24) is 9.47 Å². The normalized spacial score (nSPS) is 20.0. The van der Waals surface area contributed by atoms with Gasteiger partial charge in [0.15, 0.2) is 0 Å². The molecule has 0 spiro atoms. The Hall–Kier alpha value is -2.26. The van der Waals surface area contributed by atoms with Crippen molar-refractivity contribution in [2.45, 2.75) is 32.5 Å². The van der Waals surface area contributed by atoms with Gasteiger partial charge in [-0.05, 0) is 42.8 Å². The molecule has 0 aliphatic carbocycles. The SMILES string of the molecule is Cc1cc2c3c(c1)c1c(n3CC(c3ccccc3)O2)CCN(C)C1. The molecule has 3 aromatic rings. The fourth-order valence-corrected chi connectivity index (χ4v) is 4.30. The van der Waals surface area contributed by atoms with Gasteiger partial charge in [0.25, 0.3) is 0 Å². The van der Waals surface area contributed by atoms with Crippen LogP contribution in [0.25, 0.3) is 10.9 Å². The summed E-state index contributed by atoms with van der Waals surface area (Å²) < 4.78 is 8.98. The van der Waals surface area contributed by atoms with Crippen LogP contribution in [0.5, 0.6) is 5.75 Å². The quantitative estimate of drug-likeness (QED) is 0.673. The number of aromatic nitrogens is 1. The lowest BCUT2D eigenvalue weighted by Gasteiger charge is -2.29. The standard InChI is InChI=1S/C21H22N2O/c1-14-10-16-17-12-22(2)9-8-18(17)23-13-20(15-6-4-3-5-7-15)24-19(11-14)21(16)23/h3-7,10-11,20H,8-9,12-13H2,1-2H3. The van der Waals surface area contributed by atoms with Crippen molar-refractivity contribution in [3.63, 3.8) is 0 Å². The molecule has 1 unspecified atom stereocenters. The molecule has 3 nitrogen and oxygen atoms in total. The number of nitrogens with zero attached hydrogens (tertiary/aromatic N) is 2. The Kier molecular flexibility index (Phi) is 3.01. The number of hydrogen-bond donors (Lipinski definition) is 0. The summed E-state index contributed by atoms with van der Waals surface area (Å²) in [5.41, 5.74) is 6.85. The first kappa shape index (κ1) is 14.1. The van der Waals surface area contributed by atoms with Gasteiger partial charge in [-0.1, -0.05) is 30.3 Å². The van der Waals surface area contributed by atoms with E-state index in [1.807, 2.05) is 0 Å². The third kappa shape index (κ3) is 2.01. The first-order valence-electron chi connectivity index (χ1n) is 8.75. The zero-order valence-electron chi connectivity index (χ0n) is 14.2. The van der Waals surface area contributed by atoms with Crippen LogP contribution in [0.3, 0.4) is 0 Å². The van der Waals surface area contributed by atoms with Crippen LogP contribution >= 0.6 is 0 Å². The Bertz CT molecular complexity index is 926. The monoisotopic (exact) mass is 318 g/mol. The summed E-state index contributed by atoms with van der Waals surface area (Å²) >= 11 is 0. The minimum absolute atomic E-state index is 0.0971. The maximum absolute atomic E-state index is 6.44. The number of hydrogen-bond acceptors (Lipinski definition) is 2. The molecule has 0 fully saturated rings. The summed E-state index contributed by atoms with van der Waals surface area (Å²) in [5.74, 6) is 1.04. The van der Waals surface area contributed by atoms with E-state index in [4.69, 9.17) is 4.74 Å². The van der Waals surface area contributed by atoms with E-state index in [1.54, 1.807) is 0 Å². The molecule has 0 radical (unpaired) electrons. The fourth-order valence-electron chi connectivity index (χ4n) is 4.30. The second-order valence-electron chi connectivity index (χ2n) is 7.20. The molecular formula is C21H22N2O. The Morgan fingerprint density at radius 1 is 1.12 bits per heavy atom. The maximum Gasteiger partial charge on any atom is 0.144 e. The second-order valence-corrected chi connectivity index (χ2v) is 7.20. The van der Waals surface area contributed by atoms with Gasteiger partial charge in [0.1, 0.15) is 11.9 Å². The number of rotatable bonds is 1. The summed E-state index contributed by atoms with van der Waals surface area (Å²) in [6, 6.07) is 15.1. The van der Waals surface area contributed by atoms with Crippen LogP contribution in [0.4, 0.5) is 0 Å². The fraction of sp³-hybridized carbons (Fsp3) is 0.333. The highest BCUT2D eigenvalue weighted by atomic mass is 16.5. The molecule has 3 heterocycles. The Balaban J connectivity index is 1.72. The van der Waals surface area contributed by atoms with Crippen LogP contribution in [-0.2, 0) is 19.5 Å². The van der Waals surface area contributed by atoms with E-state index in [0.717, 1.165) is 31.8 Å². The number of aryl methyl sites for hydroxylation is 1. The van der Waals surface area contributed by atoms with E-state index in [0.29, 0.717) is 0 Å². The topological polar surface area (TPSA) is 17.4 Å². The summed E-state index contributed by atoms with van der Waals surface area (Å²) in [6.07, 6.45) is 1.22. The van der Waals surface area contributed by atoms with Gasteiger partial charge < -0.3 is 14.2 Å². The molecule has 1 atom stereocenters. The minimum atomic E-state index is 0.0971. The van der Waals surface area contributed by atoms with Crippen LogP contribution in [-0.4, -0.2) is 23.1 Å². The lowest BCUT2D eigenvalue weighted by molar-refractivity contribution is 0.171. The zero-order valence-corrected chi connectivity index (χ0v) is 14.2. The van der Waals surface area contributed by atoms with Crippen molar-refractivity contribution in [1.29, 1.82) is 0 Å². The largest absolute Gasteiger partial charge is 0.482 e. The third-order valence-corrected chi connectivity index (χ3v) is 5.44. The Labute approximate surface area is 142 Å². The van der Waals surface area contributed by atoms with E-state index in [9.17, 15) is 0 Å². The molecule has 24 heavy (non-hydrogen) atoms. The molecule has 5 rings (SSSR count). The Morgan fingerprint density at radius 2 is 1.96 bits per heavy atom. The first-order valence-corrected chi connectivity index (χ1v) is 8.75. The lowest BCUT2D eigenvalue weighted by atomic mass is 10.0. The average Bonchev–Trinajstić information content (AvgIpc) is 2.90. The van der Waals surface area contributed by atoms with E-state index < -0.39 is 0 Å². The first-order chi connectivity index (χ1) is 11.7. The minimum Gasteiger partial charge on any atom is -0.482 e. The van der Waals surface area contributed by atoms with Gasteiger partial charge in [0.05, 0.1) is 12.1 Å². The molecular weight excluding hydrogens is 296 g/mol. The van der Waals surface area contributed by atoms with Crippen LogP contribution in [0, 0.1) is 6.92 Å². The van der Waals surface area contributed by atoms with Crippen molar-refractivity contribution < 1.29 is 4.74 Å². The van der Waals surface area contributed by atoms with Crippen molar-refractivity contribution in [3.05, 3.63) is 64.8 Å². The van der Waals surface area contributed by atoms with Crippen LogP contribution in [0.2, 0.25) is 0 Å². The highest BCUT2D eigenvalue weighted by Gasteiger charge is 2.30. The molecule has 3 heteroatoms. The van der Waals surface area contributed by atoms with Gasteiger partial charge in [-0.2, -0.15) is 0 Å². The molecule has 122 valence electrons. The third-order valence-electron chi connectivity index (χ3n) is 5.44.